The summed E-state index contributed by atoms with van der Waals surface area (Å²) < 4.78 is 0. The Morgan fingerprint density at radius 3 is 2.73 bits per heavy atom. The highest BCUT2D eigenvalue weighted by molar-refractivity contribution is 9.10. The first-order valence-electron chi connectivity index (χ1n) is 3.80. The number of nitrogens with one attached hydrogen (secondary N) is 1. The van der Waals surface area contributed by atoms with Crippen molar-refractivity contribution < 1.29 is 4.79 Å². The van der Waals surface area contributed by atoms with Gasteiger partial charge in [0.1, 0.15) is 0 Å². The van der Waals surface area contributed by atoms with Crippen molar-refractivity contribution in [3.63, 3.8) is 0 Å². The van der Waals surface area contributed by atoms with Crippen molar-refractivity contribution in [1.29, 1.82) is 0 Å². The summed E-state index contributed by atoms with van der Waals surface area (Å²) in [5, 5.41) is 2.78. The summed E-state index contributed by atoms with van der Waals surface area (Å²) >= 11 is 3.17. The zero-order valence-electron chi connectivity index (χ0n) is 6.77. The fourth-order valence-corrected chi connectivity index (χ4v) is 0.783. The van der Waals surface area contributed by atoms with Crippen LogP contribution in [0, 0.1) is 0 Å². The van der Waals surface area contributed by atoms with Crippen LogP contribution in [0.5, 0.6) is 0 Å². The van der Waals surface area contributed by atoms with Crippen molar-refractivity contribution >= 4 is 21.8 Å². The molecule has 0 saturated carbocycles. The molecule has 4 heteroatoms. The molecule has 0 spiro atoms. The Hall–Kier alpha value is -0.0900. The van der Waals surface area contributed by atoms with Gasteiger partial charge in [0.05, 0.1) is 4.83 Å². The van der Waals surface area contributed by atoms with Crippen LogP contribution in [0.1, 0.15) is 19.8 Å². The summed E-state index contributed by atoms with van der Waals surface area (Å²) in [6.45, 7) is 3.23. The van der Waals surface area contributed by atoms with E-state index in [-0.39, 0.29) is 10.7 Å². The van der Waals surface area contributed by atoms with Crippen LogP contribution >= 0.6 is 15.9 Å². The lowest BCUT2D eigenvalue weighted by Gasteiger charge is -2.04. The molecule has 1 atom stereocenters. The molecule has 1 unspecified atom stereocenters. The Morgan fingerprint density at radius 2 is 2.27 bits per heavy atom. The third kappa shape index (κ3) is 6.31. The topological polar surface area (TPSA) is 55.1 Å². The van der Waals surface area contributed by atoms with Crippen LogP contribution in [0.4, 0.5) is 0 Å². The molecule has 3 N–H and O–H groups in total. The smallest absolute Gasteiger partial charge is 0.233 e. The van der Waals surface area contributed by atoms with Gasteiger partial charge in [0.15, 0.2) is 0 Å². The molecule has 11 heavy (non-hydrogen) atoms. The summed E-state index contributed by atoms with van der Waals surface area (Å²) in [6.07, 6.45) is 1.93. The van der Waals surface area contributed by atoms with Crippen molar-refractivity contribution in [2.45, 2.75) is 24.6 Å². The van der Waals surface area contributed by atoms with Gasteiger partial charge in [0.2, 0.25) is 5.91 Å². The molecule has 0 aliphatic heterocycles. The predicted octanol–water partition coefficient (Wildman–Crippen LogP) is 0.625. The fourth-order valence-electron chi connectivity index (χ4n) is 0.622. The molecule has 66 valence electrons. The number of hydrogen-bond donors (Lipinski definition) is 2. The normalized spacial score (nSPS) is 12.6. The maximum Gasteiger partial charge on any atom is 0.233 e. The molecule has 0 radical (unpaired) electrons. The molecule has 0 rings (SSSR count). The number of alkyl halides is 1. The molecule has 0 bridgehead atoms. The molecule has 0 fully saturated rings. The first-order chi connectivity index (χ1) is 5.18. The minimum atomic E-state index is -0.0969. The summed E-state index contributed by atoms with van der Waals surface area (Å²) in [6, 6.07) is 0. The lowest BCUT2D eigenvalue weighted by Crippen LogP contribution is -2.30. The summed E-state index contributed by atoms with van der Waals surface area (Å²) in [5.41, 5.74) is 5.28. The monoisotopic (exact) mass is 222 g/mol. The number of unbranched alkanes of at least 4 members (excludes halogenated alkanes) is 1. The zero-order chi connectivity index (χ0) is 8.69. The zero-order valence-corrected chi connectivity index (χ0v) is 8.36. The van der Waals surface area contributed by atoms with Crippen LogP contribution in [0.25, 0.3) is 0 Å². The van der Waals surface area contributed by atoms with E-state index in [0.717, 1.165) is 19.4 Å². The van der Waals surface area contributed by atoms with E-state index in [4.69, 9.17) is 5.73 Å². The van der Waals surface area contributed by atoms with Crippen LogP contribution in [0.15, 0.2) is 0 Å². The Labute approximate surface area is 75.8 Å². The van der Waals surface area contributed by atoms with Gasteiger partial charge >= 0.3 is 0 Å². The molecule has 0 aliphatic rings. The molecule has 1 amide bonds. The van der Waals surface area contributed by atoms with Gasteiger partial charge in [0, 0.05) is 6.54 Å². The quantitative estimate of drug-likeness (QED) is 0.530. The van der Waals surface area contributed by atoms with Crippen molar-refractivity contribution in [2.75, 3.05) is 13.1 Å². The summed E-state index contributed by atoms with van der Waals surface area (Å²) in [4.78, 5) is 10.8. The molecule has 0 aliphatic carbocycles. The van der Waals surface area contributed by atoms with E-state index in [1.165, 1.54) is 0 Å². The Kier molecular flexibility index (Phi) is 6.56. The maximum absolute atomic E-state index is 10.9. The van der Waals surface area contributed by atoms with Crippen LogP contribution in [-0.4, -0.2) is 23.8 Å². The van der Waals surface area contributed by atoms with Gasteiger partial charge in [-0.15, -0.1) is 0 Å². The molecular formula is C7H15BrN2O. The molecule has 0 aromatic carbocycles. The lowest BCUT2D eigenvalue weighted by molar-refractivity contribution is -0.120. The van der Waals surface area contributed by atoms with Crippen molar-refractivity contribution in [1.82, 2.24) is 5.32 Å². The van der Waals surface area contributed by atoms with Gasteiger partial charge in [-0.05, 0) is 26.3 Å². The second-order valence-corrected chi connectivity index (χ2v) is 3.78. The van der Waals surface area contributed by atoms with Gasteiger partial charge in [-0.1, -0.05) is 15.9 Å². The number of amides is 1. The third-order valence-corrected chi connectivity index (χ3v) is 1.71. The number of hydrogen-bond acceptors (Lipinski definition) is 2. The first-order valence-corrected chi connectivity index (χ1v) is 4.72. The van der Waals surface area contributed by atoms with E-state index < -0.39 is 0 Å². The molecule has 0 aromatic heterocycles. The molecule has 0 saturated heterocycles. The largest absolute Gasteiger partial charge is 0.355 e. The lowest BCUT2D eigenvalue weighted by atomic mass is 10.3. The second kappa shape index (κ2) is 6.61. The van der Waals surface area contributed by atoms with Crippen molar-refractivity contribution in [3.05, 3.63) is 0 Å². The van der Waals surface area contributed by atoms with E-state index in [0.29, 0.717) is 6.54 Å². The summed E-state index contributed by atoms with van der Waals surface area (Å²) in [7, 11) is 0. The minimum absolute atomic E-state index is 0.0435. The van der Waals surface area contributed by atoms with E-state index in [1.807, 2.05) is 0 Å². The number of carbonyl (C=O) groups is 1. The number of halogens is 1. The van der Waals surface area contributed by atoms with Gasteiger partial charge in [-0.2, -0.15) is 0 Å². The van der Waals surface area contributed by atoms with Crippen molar-refractivity contribution in [3.8, 4) is 0 Å². The maximum atomic E-state index is 10.9. The van der Waals surface area contributed by atoms with E-state index in [1.54, 1.807) is 6.92 Å². The highest BCUT2D eigenvalue weighted by Crippen LogP contribution is 1.96. The Morgan fingerprint density at radius 1 is 1.64 bits per heavy atom. The molecule has 0 heterocycles. The molecule has 0 aromatic rings. The van der Waals surface area contributed by atoms with Gasteiger partial charge in [-0.25, -0.2) is 0 Å². The SMILES string of the molecule is CC(Br)C(=O)NCCCCN. The highest BCUT2D eigenvalue weighted by atomic mass is 79.9. The van der Waals surface area contributed by atoms with E-state index >= 15 is 0 Å². The predicted molar refractivity (Wildman–Crippen MR) is 49.7 cm³/mol. The third-order valence-electron chi connectivity index (χ3n) is 1.29. The molecule has 3 nitrogen and oxygen atoms in total. The standard InChI is InChI=1S/C7H15BrN2O/c1-6(8)7(11)10-5-3-2-4-9/h6H,2-5,9H2,1H3,(H,10,11). The fraction of sp³-hybridized carbons (Fsp3) is 0.857. The first kappa shape index (κ1) is 10.9. The average molecular weight is 223 g/mol. The van der Waals surface area contributed by atoms with Crippen LogP contribution in [-0.2, 0) is 4.79 Å². The van der Waals surface area contributed by atoms with Gasteiger partial charge in [0.25, 0.3) is 0 Å². The van der Waals surface area contributed by atoms with Crippen molar-refractivity contribution in [2.24, 2.45) is 5.73 Å². The number of rotatable bonds is 5. The van der Waals surface area contributed by atoms with E-state index in [2.05, 4.69) is 21.2 Å². The Bertz CT molecular complexity index is 117. The average Bonchev–Trinajstić information content (AvgIpc) is 1.97. The highest BCUT2D eigenvalue weighted by Gasteiger charge is 2.05. The number of carbonyl (C=O) groups excluding carboxylic acids is 1. The van der Waals surface area contributed by atoms with E-state index in [9.17, 15) is 4.79 Å². The van der Waals surface area contributed by atoms with Crippen LogP contribution in [0.2, 0.25) is 0 Å². The molecular weight excluding hydrogens is 208 g/mol. The van der Waals surface area contributed by atoms with Gasteiger partial charge < -0.3 is 11.1 Å². The minimum Gasteiger partial charge on any atom is -0.355 e. The van der Waals surface area contributed by atoms with Crippen LogP contribution < -0.4 is 11.1 Å². The number of nitrogens with two attached hydrogens (primary N) is 1. The summed E-state index contributed by atoms with van der Waals surface area (Å²) in [5.74, 6) is 0.0435. The van der Waals surface area contributed by atoms with Crippen LogP contribution in [0.3, 0.4) is 0 Å². The second-order valence-electron chi connectivity index (χ2n) is 2.40. The van der Waals surface area contributed by atoms with Gasteiger partial charge in [-0.3, -0.25) is 4.79 Å². The Balaban J connectivity index is 3.18.